The van der Waals surface area contributed by atoms with E-state index >= 15 is 0 Å². The molecule has 2 heterocycles. The number of aromatic nitrogens is 2. The summed E-state index contributed by atoms with van der Waals surface area (Å²) in [6.07, 6.45) is -4.76. The molecule has 1 fully saturated rings. The molecule has 1 aromatic rings. The third kappa shape index (κ3) is 2.31. The molecule has 3 N–H and O–H groups in total. The predicted octanol–water partition coefficient (Wildman–Crippen LogP) is 1.34. The summed E-state index contributed by atoms with van der Waals surface area (Å²) >= 11 is 9.49. The average Bonchev–Trinajstić information content (AvgIpc) is 2.68. The van der Waals surface area contributed by atoms with E-state index in [0.717, 1.165) is 10.8 Å². The van der Waals surface area contributed by atoms with Crippen molar-refractivity contribution >= 4 is 24.4 Å². The van der Waals surface area contributed by atoms with Crippen molar-refractivity contribution in [2.45, 2.75) is 24.1 Å². The van der Waals surface area contributed by atoms with Gasteiger partial charge in [-0.3, -0.25) is 4.57 Å². The number of ether oxygens (including phenoxy) is 1. The van der Waals surface area contributed by atoms with Crippen molar-refractivity contribution in [1.82, 2.24) is 9.55 Å². The standard InChI is InChI=1S/C10H11F3N2O3S2/c11-2-10(3-16)6(17)5(13)8(18-10)15-1-4(12)7(19)14-9(15)20/h1,5-6,8,16-17H,2-3H2,(H,14,19,20)/t5-,6?,8+,10+/m0/s1. The van der Waals surface area contributed by atoms with Gasteiger partial charge in [0.25, 0.3) is 0 Å². The van der Waals surface area contributed by atoms with Gasteiger partial charge in [0.1, 0.15) is 17.4 Å². The van der Waals surface area contributed by atoms with Gasteiger partial charge in [0.05, 0.1) is 6.61 Å². The fourth-order valence-electron chi connectivity index (χ4n) is 1.96. The highest BCUT2D eigenvalue weighted by Gasteiger charge is 2.56. The van der Waals surface area contributed by atoms with Crippen LogP contribution in [-0.2, 0) is 4.74 Å². The SMILES string of the molecule is OC[C@@]1(CF)O[C@@H](n2cc(F)c(=S)[nH]c2=S)[C@@H](F)C1O. The first kappa shape index (κ1) is 15.6. The number of H-pyrrole nitrogens is 1. The number of aliphatic hydroxyl groups excluding tert-OH is 2. The minimum atomic E-state index is -2.10. The number of halogens is 3. The second-order valence-corrected chi connectivity index (χ2v) is 5.19. The van der Waals surface area contributed by atoms with Gasteiger partial charge < -0.3 is 19.9 Å². The van der Waals surface area contributed by atoms with E-state index in [1.165, 1.54) is 0 Å². The molecule has 0 radical (unpaired) electrons. The van der Waals surface area contributed by atoms with Crippen LogP contribution in [0.4, 0.5) is 13.2 Å². The first-order valence-corrected chi connectivity index (χ1v) is 6.35. The summed E-state index contributed by atoms with van der Waals surface area (Å²) < 4.78 is 46.0. The van der Waals surface area contributed by atoms with Crippen molar-refractivity contribution in [1.29, 1.82) is 0 Å². The maximum atomic E-state index is 14.1. The monoisotopic (exact) mass is 328 g/mol. The lowest BCUT2D eigenvalue weighted by Crippen LogP contribution is -2.47. The van der Waals surface area contributed by atoms with Crippen LogP contribution in [0.15, 0.2) is 6.20 Å². The molecule has 5 nitrogen and oxygen atoms in total. The summed E-state index contributed by atoms with van der Waals surface area (Å²) in [5, 5.41) is 18.8. The molecule has 4 atom stereocenters. The molecule has 0 spiro atoms. The number of alkyl halides is 2. The van der Waals surface area contributed by atoms with Crippen LogP contribution >= 0.6 is 24.4 Å². The Hall–Kier alpha value is -0.810. The molecule has 1 unspecified atom stereocenters. The van der Waals surface area contributed by atoms with Crippen LogP contribution in [0.1, 0.15) is 6.23 Å². The smallest absolute Gasteiger partial charge is 0.180 e. The fraction of sp³-hybridized carbons (Fsp3) is 0.600. The van der Waals surface area contributed by atoms with E-state index in [0.29, 0.717) is 0 Å². The van der Waals surface area contributed by atoms with Crippen LogP contribution in [0.3, 0.4) is 0 Å². The lowest BCUT2D eigenvalue weighted by atomic mass is 9.98. The van der Waals surface area contributed by atoms with E-state index in [9.17, 15) is 18.3 Å². The van der Waals surface area contributed by atoms with Crippen molar-refractivity contribution in [2.24, 2.45) is 0 Å². The Morgan fingerprint density at radius 2 is 2.15 bits per heavy atom. The summed E-state index contributed by atoms with van der Waals surface area (Å²) in [5.74, 6) is -0.874. The van der Waals surface area contributed by atoms with Gasteiger partial charge in [-0.1, -0.05) is 12.2 Å². The van der Waals surface area contributed by atoms with Crippen molar-refractivity contribution in [3.8, 4) is 0 Å². The second kappa shape index (κ2) is 5.53. The molecule has 1 aliphatic rings. The van der Waals surface area contributed by atoms with E-state index in [4.69, 9.17) is 22.1 Å². The van der Waals surface area contributed by atoms with Crippen LogP contribution < -0.4 is 0 Å². The number of nitrogens with zero attached hydrogens (tertiary/aromatic N) is 1. The Morgan fingerprint density at radius 3 is 2.65 bits per heavy atom. The lowest BCUT2D eigenvalue weighted by Gasteiger charge is -2.26. The third-order valence-electron chi connectivity index (χ3n) is 3.16. The molecule has 1 aliphatic heterocycles. The number of aliphatic hydroxyl groups is 2. The molecular weight excluding hydrogens is 317 g/mol. The topological polar surface area (TPSA) is 70.4 Å². The lowest BCUT2D eigenvalue weighted by molar-refractivity contribution is -0.138. The maximum absolute atomic E-state index is 14.1. The molecule has 2 rings (SSSR count). The Labute approximate surface area is 121 Å². The molecule has 0 aromatic carbocycles. The van der Waals surface area contributed by atoms with Gasteiger partial charge in [-0.25, -0.2) is 13.2 Å². The first-order chi connectivity index (χ1) is 9.36. The molecule has 0 aliphatic carbocycles. The van der Waals surface area contributed by atoms with Crippen molar-refractivity contribution in [3.63, 3.8) is 0 Å². The summed E-state index contributed by atoms with van der Waals surface area (Å²) in [6, 6.07) is 0. The summed E-state index contributed by atoms with van der Waals surface area (Å²) in [4.78, 5) is 2.32. The minimum absolute atomic E-state index is 0.149. The Balaban J connectivity index is 2.47. The second-order valence-electron chi connectivity index (χ2n) is 4.40. The molecule has 20 heavy (non-hydrogen) atoms. The molecule has 10 heteroatoms. The Morgan fingerprint density at radius 1 is 1.50 bits per heavy atom. The van der Waals surface area contributed by atoms with Gasteiger partial charge in [0.2, 0.25) is 0 Å². The summed E-state index contributed by atoms with van der Waals surface area (Å²) in [7, 11) is 0. The normalized spacial score (nSPS) is 33.5. The quantitative estimate of drug-likeness (QED) is 0.731. The predicted molar refractivity (Wildman–Crippen MR) is 67.2 cm³/mol. The van der Waals surface area contributed by atoms with Crippen LogP contribution in [0.25, 0.3) is 0 Å². The van der Waals surface area contributed by atoms with Gasteiger partial charge in [-0.05, 0) is 12.2 Å². The number of rotatable bonds is 3. The highest BCUT2D eigenvalue weighted by atomic mass is 32.1. The van der Waals surface area contributed by atoms with Crippen molar-refractivity contribution in [2.75, 3.05) is 13.3 Å². The Kier molecular flexibility index (Phi) is 4.30. The number of aromatic amines is 1. The number of hydrogen-bond donors (Lipinski definition) is 3. The highest BCUT2D eigenvalue weighted by molar-refractivity contribution is 7.72. The third-order valence-corrected chi connectivity index (χ3v) is 3.77. The van der Waals surface area contributed by atoms with Crippen molar-refractivity contribution in [3.05, 3.63) is 21.4 Å². The largest absolute Gasteiger partial charge is 0.393 e. The van der Waals surface area contributed by atoms with Gasteiger partial charge in [-0.15, -0.1) is 0 Å². The zero-order valence-electron chi connectivity index (χ0n) is 9.92. The molecule has 0 amide bonds. The Bertz CT molecular complexity index is 617. The molecular formula is C10H11F3N2O3S2. The maximum Gasteiger partial charge on any atom is 0.180 e. The first-order valence-electron chi connectivity index (χ1n) is 5.54. The van der Waals surface area contributed by atoms with Gasteiger partial charge in [0, 0.05) is 6.20 Å². The molecule has 1 saturated heterocycles. The van der Waals surface area contributed by atoms with Gasteiger partial charge in [-0.2, -0.15) is 0 Å². The van der Waals surface area contributed by atoms with E-state index in [1.54, 1.807) is 0 Å². The van der Waals surface area contributed by atoms with E-state index in [2.05, 4.69) is 17.2 Å². The van der Waals surface area contributed by atoms with Crippen molar-refractivity contribution < 1.29 is 28.1 Å². The zero-order chi connectivity index (χ0) is 15.1. The molecule has 0 bridgehead atoms. The molecule has 112 valence electrons. The molecule has 0 saturated carbocycles. The van der Waals surface area contributed by atoms with Gasteiger partial charge >= 0.3 is 0 Å². The van der Waals surface area contributed by atoms with Crippen LogP contribution in [0.2, 0.25) is 0 Å². The summed E-state index contributed by atoms with van der Waals surface area (Å²) in [6.45, 7) is -2.24. The zero-order valence-corrected chi connectivity index (χ0v) is 11.6. The van der Waals surface area contributed by atoms with Gasteiger partial charge in [0.15, 0.2) is 28.6 Å². The highest BCUT2D eigenvalue weighted by Crippen LogP contribution is 2.39. The fourth-order valence-corrected chi connectivity index (χ4v) is 2.44. The molecule has 1 aromatic heterocycles. The van der Waals surface area contributed by atoms with Crippen LogP contribution in [-0.4, -0.2) is 50.9 Å². The van der Waals surface area contributed by atoms with E-state index in [1.807, 2.05) is 0 Å². The van der Waals surface area contributed by atoms with Crippen LogP contribution in [0.5, 0.6) is 0 Å². The van der Waals surface area contributed by atoms with E-state index < -0.39 is 43.2 Å². The number of hydrogen-bond acceptors (Lipinski definition) is 5. The summed E-state index contributed by atoms with van der Waals surface area (Å²) in [5.41, 5.74) is -2.10. The minimum Gasteiger partial charge on any atom is -0.393 e. The average molecular weight is 328 g/mol. The van der Waals surface area contributed by atoms with Crippen LogP contribution in [0, 0.1) is 15.2 Å². The van der Waals surface area contributed by atoms with E-state index in [-0.39, 0.29) is 9.41 Å². The number of nitrogens with one attached hydrogen (secondary N) is 1.